The molecular weight excluding hydrogens is 472 g/mol. The lowest BCUT2D eigenvalue weighted by molar-refractivity contribution is 0.0756. The van der Waals surface area contributed by atoms with E-state index in [-0.39, 0.29) is 36.3 Å². The summed E-state index contributed by atoms with van der Waals surface area (Å²) in [7, 11) is -1.63. The maximum Gasteiger partial charge on any atom is 0.191 e. The smallest absolute Gasteiger partial charge is 0.191 e. The van der Waals surface area contributed by atoms with Crippen LogP contribution in [0.4, 0.5) is 4.39 Å². The zero-order valence-corrected chi connectivity index (χ0v) is 18.5. The van der Waals surface area contributed by atoms with Crippen molar-refractivity contribution < 1.29 is 17.5 Å². The summed E-state index contributed by atoms with van der Waals surface area (Å²) in [5, 5.41) is 6.18. The van der Waals surface area contributed by atoms with Gasteiger partial charge in [-0.2, -0.15) is 0 Å². The lowest BCUT2D eigenvalue weighted by Gasteiger charge is -2.35. The molecule has 1 aromatic rings. The molecule has 6 nitrogen and oxygen atoms in total. The van der Waals surface area contributed by atoms with Gasteiger partial charge in [-0.25, -0.2) is 12.8 Å². The quantitative estimate of drug-likeness (QED) is 0.368. The number of hydrogen-bond donors (Lipinski definition) is 2. The van der Waals surface area contributed by atoms with Gasteiger partial charge in [0.2, 0.25) is 0 Å². The second kappa shape index (κ2) is 9.84. The molecule has 0 amide bonds. The predicted octanol–water partition coefficient (Wildman–Crippen LogP) is 2.01. The van der Waals surface area contributed by atoms with Gasteiger partial charge < -0.3 is 15.4 Å². The Labute approximate surface area is 171 Å². The molecule has 1 aromatic carbocycles. The molecule has 2 rings (SSSR count). The molecule has 148 valence electrons. The van der Waals surface area contributed by atoms with E-state index in [4.69, 9.17) is 4.74 Å². The Morgan fingerprint density at radius 2 is 1.96 bits per heavy atom. The number of aliphatic imine (C=N–C) groups is 1. The van der Waals surface area contributed by atoms with Crippen molar-refractivity contribution in [2.45, 2.75) is 31.1 Å². The van der Waals surface area contributed by atoms with Crippen molar-refractivity contribution in [3.05, 3.63) is 35.1 Å². The molecule has 1 aliphatic rings. The third kappa shape index (κ3) is 5.78. The fraction of sp³-hybridized carbons (Fsp3) is 0.588. The largest absolute Gasteiger partial charge is 0.381 e. The molecule has 9 heteroatoms. The van der Waals surface area contributed by atoms with Crippen LogP contribution in [0.15, 0.2) is 23.2 Å². The lowest BCUT2D eigenvalue weighted by atomic mass is 9.99. The Morgan fingerprint density at radius 1 is 1.31 bits per heavy atom. The molecule has 1 fully saturated rings. The Hall–Kier alpha value is -0.940. The van der Waals surface area contributed by atoms with Gasteiger partial charge in [0.05, 0.1) is 4.75 Å². The fourth-order valence-corrected chi connectivity index (χ4v) is 4.06. The molecule has 0 unspecified atom stereocenters. The summed E-state index contributed by atoms with van der Waals surface area (Å²) < 4.78 is 42.6. The third-order valence-corrected chi connectivity index (χ3v) is 6.81. The summed E-state index contributed by atoms with van der Waals surface area (Å²) in [6.45, 7) is 3.24. The molecular formula is C17H27FIN3O3S. The van der Waals surface area contributed by atoms with E-state index in [0.717, 1.165) is 5.56 Å². The number of benzene rings is 1. The minimum Gasteiger partial charge on any atom is -0.381 e. The van der Waals surface area contributed by atoms with Crippen molar-refractivity contribution in [2.75, 3.05) is 33.1 Å². The fourth-order valence-electron chi connectivity index (χ4n) is 2.82. The number of rotatable bonds is 5. The van der Waals surface area contributed by atoms with Gasteiger partial charge in [0.15, 0.2) is 15.8 Å². The van der Waals surface area contributed by atoms with E-state index in [9.17, 15) is 12.8 Å². The molecule has 0 bridgehead atoms. The van der Waals surface area contributed by atoms with Gasteiger partial charge in [-0.3, -0.25) is 4.99 Å². The zero-order chi connectivity index (χ0) is 18.5. The van der Waals surface area contributed by atoms with Crippen molar-refractivity contribution in [3.63, 3.8) is 0 Å². The first kappa shape index (κ1) is 23.1. The zero-order valence-electron chi connectivity index (χ0n) is 15.3. The SMILES string of the molecule is CN=C(NCc1ccc(C)c(F)c1)NCC1(S(C)(=O)=O)CCOCC1.I. The Balaban J connectivity index is 0.00000338. The molecule has 0 saturated carbocycles. The molecule has 26 heavy (non-hydrogen) atoms. The lowest BCUT2D eigenvalue weighted by Crippen LogP contribution is -2.53. The van der Waals surface area contributed by atoms with Gasteiger partial charge in [-0.15, -0.1) is 24.0 Å². The number of nitrogens with one attached hydrogen (secondary N) is 2. The topological polar surface area (TPSA) is 79.8 Å². The normalized spacial score (nSPS) is 17.3. The van der Waals surface area contributed by atoms with Crippen LogP contribution in [0, 0.1) is 12.7 Å². The van der Waals surface area contributed by atoms with Crippen molar-refractivity contribution in [3.8, 4) is 0 Å². The summed E-state index contributed by atoms with van der Waals surface area (Å²) in [5.74, 6) is 0.232. The number of halogens is 2. The first-order valence-electron chi connectivity index (χ1n) is 8.24. The van der Waals surface area contributed by atoms with Crippen LogP contribution in [0.25, 0.3) is 0 Å². The molecule has 1 heterocycles. The third-order valence-electron chi connectivity index (χ3n) is 4.69. The Morgan fingerprint density at radius 3 is 2.50 bits per heavy atom. The summed E-state index contributed by atoms with van der Waals surface area (Å²) in [6, 6.07) is 5.05. The number of sulfone groups is 1. The molecule has 2 N–H and O–H groups in total. The Kier molecular flexibility index (Phi) is 8.74. The number of hydrogen-bond acceptors (Lipinski definition) is 4. The van der Waals surface area contributed by atoms with Crippen LogP contribution in [0.5, 0.6) is 0 Å². The average Bonchev–Trinajstić information content (AvgIpc) is 2.58. The highest BCUT2D eigenvalue weighted by Gasteiger charge is 2.42. The second-order valence-corrected chi connectivity index (χ2v) is 8.84. The highest BCUT2D eigenvalue weighted by atomic mass is 127. The van der Waals surface area contributed by atoms with Gasteiger partial charge >= 0.3 is 0 Å². The van der Waals surface area contributed by atoms with Crippen LogP contribution in [0.2, 0.25) is 0 Å². The molecule has 0 atom stereocenters. The maximum absolute atomic E-state index is 13.6. The van der Waals surface area contributed by atoms with Gasteiger partial charge in [0.25, 0.3) is 0 Å². The van der Waals surface area contributed by atoms with Gasteiger partial charge in [-0.1, -0.05) is 12.1 Å². The minimum absolute atomic E-state index is 0. The number of aryl methyl sites for hydroxylation is 1. The van der Waals surface area contributed by atoms with Crippen LogP contribution in [0.3, 0.4) is 0 Å². The van der Waals surface area contributed by atoms with E-state index in [0.29, 0.717) is 44.1 Å². The standard InChI is InChI=1S/C17H26FN3O3S.HI/c1-13-4-5-14(10-15(13)18)11-20-16(19-2)21-12-17(25(3,22)23)6-8-24-9-7-17;/h4-5,10H,6-9,11-12H2,1-3H3,(H2,19,20,21);1H. The van der Waals surface area contributed by atoms with Crippen molar-refractivity contribution in [1.82, 2.24) is 10.6 Å². The minimum atomic E-state index is -3.24. The van der Waals surface area contributed by atoms with Crippen LogP contribution in [-0.4, -0.2) is 52.2 Å². The molecule has 1 aliphatic heterocycles. The number of ether oxygens (including phenoxy) is 1. The van der Waals surface area contributed by atoms with E-state index in [1.165, 1.54) is 12.3 Å². The highest BCUT2D eigenvalue weighted by molar-refractivity contribution is 14.0. The van der Waals surface area contributed by atoms with Crippen molar-refractivity contribution >= 4 is 39.8 Å². The van der Waals surface area contributed by atoms with Crippen LogP contribution >= 0.6 is 24.0 Å². The van der Waals surface area contributed by atoms with Crippen LogP contribution < -0.4 is 10.6 Å². The number of nitrogens with zero attached hydrogens (tertiary/aromatic N) is 1. The molecule has 0 aliphatic carbocycles. The summed E-state index contributed by atoms with van der Waals surface area (Å²) >= 11 is 0. The second-order valence-electron chi connectivity index (χ2n) is 6.43. The van der Waals surface area contributed by atoms with Crippen molar-refractivity contribution in [1.29, 1.82) is 0 Å². The van der Waals surface area contributed by atoms with Gasteiger partial charge in [0.1, 0.15) is 5.82 Å². The summed E-state index contributed by atoms with van der Waals surface area (Å²) in [4.78, 5) is 4.12. The first-order valence-corrected chi connectivity index (χ1v) is 10.1. The van der Waals surface area contributed by atoms with E-state index >= 15 is 0 Å². The average molecular weight is 499 g/mol. The van der Waals surface area contributed by atoms with E-state index in [2.05, 4.69) is 15.6 Å². The monoisotopic (exact) mass is 499 g/mol. The van der Waals surface area contributed by atoms with E-state index in [1.807, 2.05) is 6.07 Å². The maximum atomic E-state index is 13.6. The van der Waals surface area contributed by atoms with Crippen LogP contribution in [-0.2, 0) is 21.1 Å². The molecule has 0 aromatic heterocycles. The van der Waals surface area contributed by atoms with Gasteiger partial charge in [0, 0.05) is 39.6 Å². The predicted molar refractivity (Wildman–Crippen MR) is 112 cm³/mol. The summed E-state index contributed by atoms with van der Waals surface area (Å²) in [6.07, 6.45) is 2.18. The summed E-state index contributed by atoms with van der Waals surface area (Å²) in [5.41, 5.74) is 1.39. The molecule has 0 radical (unpaired) electrons. The van der Waals surface area contributed by atoms with Gasteiger partial charge in [-0.05, 0) is 37.0 Å². The van der Waals surface area contributed by atoms with E-state index in [1.54, 1.807) is 20.0 Å². The molecule has 0 spiro atoms. The van der Waals surface area contributed by atoms with Crippen LogP contribution in [0.1, 0.15) is 24.0 Å². The van der Waals surface area contributed by atoms with E-state index < -0.39 is 14.6 Å². The first-order chi connectivity index (χ1) is 11.8. The van der Waals surface area contributed by atoms with Crippen molar-refractivity contribution in [2.24, 2.45) is 4.99 Å². The molecule has 1 saturated heterocycles. The highest BCUT2D eigenvalue weighted by Crippen LogP contribution is 2.28. The Bertz CT molecular complexity index is 735. The number of guanidine groups is 1.